The molecule has 0 saturated carbocycles. The van der Waals surface area contributed by atoms with E-state index in [1.54, 1.807) is 0 Å². The van der Waals surface area contributed by atoms with Crippen LogP contribution in [0.15, 0.2) is 0 Å². The number of hydrogen-bond donors (Lipinski definition) is 2. The maximum absolute atomic E-state index is 6.17. The first-order valence-electron chi connectivity index (χ1n) is 5.91. The standard InChI is InChI=1S/C12H26N2O/c1-10(11(2,3)4)7-14-8-12(13)5-6-15-9-12/h10,14H,5-9,13H2,1-4H3. The van der Waals surface area contributed by atoms with E-state index < -0.39 is 0 Å². The molecule has 1 rings (SSSR count). The van der Waals surface area contributed by atoms with Gasteiger partial charge in [-0.2, -0.15) is 0 Å². The molecule has 2 atom stereocenters. The smallest absolute Gasteiger partial charge is 0.0659 e. The van der Waals surface area contributed by atoms with Crippen molar-refractivity contribution >= 4 is 0 Å². The highest BCUT2D eigenvalue weighted by Crippen LogP contribution is 2.24. The topological polar surface area (TPSA) is 47.3 Å². The minimum atomic E-state index is -0.127. The van der Waals surface area contributed by atoms with E-state index in [1.807, 2.05) is 0 Å². The number of rotatable bonds is 4. The molecule has 1 saturated heterocycles. The minimum absolute atomic E-state index is 0.127. The van der Waals surface area contributed by atoms with Gasteiger partial charge in [0.25, 0.3) is 0 Å². The Morgan fingerprint density at radius 3 is 2.60 bits per heavy atom. The van der Waals surface area contributed by atoms with Gasteiger partial charge in [-0.3, -0.25) is 0 Å². The highest BCUT2D eigenvalue weighted by atomic mass is 16.5. The Morgan fingerprint density at radius 2 is 2.13 bits per heavy atom. The lowest BCUT2D eigenvalue weighted by Gasteiger charge is -2.29. The van der Waals surface area contributed by atoms with Crippen LogP contribution in [0.4, 0.5) is 0 Å². The number of hydrogen-bond acceptors (Lipinski definition) is 3. The summed E-state index contributed by atoms with van der Waals surface area (Å²) in [5.74, 6) is 0.656. The molecule has 0 amide bonds. The van der Waals surface area contributed by atoms with Crippen molar-refractivity contribution in [1.29, 1.82) is 0 Å². The lowest BCUT2D eigenvalue weighted by Crippen LogP contribution is -2.50. The molecule has 3 N–H and O–H groups in total. The number of ether oxygens (including phenoxy) is 1. The van der Waals surface area contributed by atoms with E-state index in [1.165, 1.54) is 0 Å². The van der Waals surface area contributed by atoms with Gasteiger partial charge in [0.15, 0.2) is 0 Å². The molecule has 0 aromatic rings. The summed E-state index contributed by atoms with van der Waals surface area (Å²) in [6.07, 6.45) is 0.976. The Hall–Kier alpha value is -0.120. The van der Waals surface area contributed by atoms with Gasteiger partial charge in [0.05, 0.1) is 12.1 Å². The molecule has 1 aliphatic heterocycles. The summed E-state index contributed by atoms with van der Waals surface area (Å²) in [6, 6.07) is 0. The average Bonchev–Trinajstić information content (AvgIpc) is 2.50. The van der Waals surface area contributed by atoms with E-state index in [4.69, 9.17) is 10.5 Å². The molecule has 0 bridgehead atoms. The van der Waals surface area contributed by atoms with Gasteiger partial charge in [0.1, 0.15) is 0 Å². The average molecular weight is 214 g/mol. The quantitative estimate of drug-likeness (QED) is 0.743. The maximum atomic E-state index is 6.17. The Morgan fingerprint density at radius 1 is 1.47 bits per heavy atom. The Kier molecular flexibility index (Phi) is 4.15. The van der Waals surface area contributed by atoms with Crippen LogP contribution in [0, 0.1) is 11.3 Å². The van der Waals surface area contributed by atoms with Crippen LogP contribution < -0.4 is 11.1 Å². The van der Waals surface area contributed by atoms with Crippen molar-refractivity contribution in [2.24, 2.45) is 17.1 Å². The molecule has 3 nitrogen and oxygen atoms in total. The SMILES string of the molecule is CC(CNCC1(N)CCOC1)C(C)(C)C. The predicted molar refractivity (Wildman–Crippen MR) is 63.8 cm³/mol. The molecule has 1 fully saturated rings. The number of nitrogens with one attached hydrogen (secondary N) is 1. The van der Waals surface area contributed by atoms with Crippen LogP contribution in [0.25, 0.3) is 0 Å². The first-order valence-corrected chi connectivity index (χ1v) is 5.91. The molecule has 0 aromatic heterocycles. The lowest BCUT2D eigenvalue weighted by molar-refractivity contribution is 0.175. The summed E-state index contributed by atoms with van der Waals surface area (Å²) >= 11 is 0. The number of nitrogens with two attached hydrogens (primary N) is 1. The highest BCUT2D eigenvalue weighted by molar-refractivity contribution is 4.90. The van der Waals surface area contributed by atoms with E-state index in [-0.39, 0.29) is 5.54 Å². The van der Waals surface area contributed by atoms with Crippen LogP contribution in [0.3, 0.4) is 0 Å². The van der Waals surface area contributed by atoms with Crippen molar-refractivity contribution in [3.63, 3.8) is 0 Å². The molecule has 0 radical (unpaired) electrons. The molecule has 15 heavy (non-hydrogen) atoms. The zero-order valence-electron chi connectivity index (χ0n) is 10.6. The summed E-state index contributed by atoms with van der Waals surface area (Å²) in [6.45, 7) is 12.5. The second-order valence-corrected chi connectivity index (χ2v) is 6.06. The van der Waals surface area contributed by atoms with E-state index in [0.717, 1.165) is 26.1 Å². The summed E-state index contributed by atoms with van der Waals surface area (Å²) in [7, 11) is 0. The zero-order chi connectivity index (χ0) is 11.5. The molecule has 3 heteroatoms. The van der Waals surface area contributed by atoms with Crippen molar-refractivity contribution in [3.05, 3.63) is 0 Å². The second kappa shape index (κ2) is 4.81. The molecular weight excluding hydrogens is 188 g/mol. The predicted octanol–water partition coefficient (Wildman–Crippen LogP) is 1.38. The molecule has 1 heterocycles. The van der Waals surface area contributed by atoms with Crippen molar-refractivity contribution in [2.75, 3.05) is 26.3 Å². The molecule has 0 aliphatic carbocycles. The van der Waals surface area contributed by atoms with Gasteiger partial charge >= 0.3 is 0 Å². The Bertz CT molecular complexity index is 192. The van der Waals surface area contributed by atoms with Crippen LogP contribution in [0.5, 0.6) is 0 Å². The van der Waals surface area contributed by atoms with Crippen LogP contribution in [-0.2, 0) is 4.74 Å². The van der Waals surface area contributed by atoms with Crippen molar-refractivity contribution in [2.45, 2.75) is 39.7 Å². The first-order chi connectivity index (χ1) is 6.83. The molecular formula is C12H26N2O. The second-order valence-electron chi connectivity index (χ2n) is 6.06. The van der Waals surface area contributed by atoms with Crippen LogP contribution >= 0.6 is 0 Å². The summed E-state index contributed by atoms with van der Waals surface area (Å²) in [5.41, 5.74) is 6.40. The molecule has 1 aliphatic rings. The lowest BCUT2D eigenvalue weighted by atomic mass is 9.82. The van der Waals surface area contributed by atoms with Gasteiger partial charge in [-0.05, 0) is 24.3 Å². The highest BCUT2D eigenvalue weighted by Gasteiger charge is 2.30. The van der Waals surface area contributed by atoms with Crippen LogP contribution in [0.1, 0.15) is 34.1 Å². The molecule has 2 unspecified atom stereocenters. The Labute approximate surface area is 93.8 Å². The van der Waals surface area contributed by atoms with Gasteiger partial charge in [0.2, 0.25) is 0 Å². The first kappa shape index (κ1) is 12.9. The van der Waals surface area contributed by atoms with Gasteiger partial charge in [-0.25, -0.2) is 0 Å². The monoisotopic (exact) mass is 214 g/mol. The molecule has 0 spiro atoms. The Balaban J connectivity index is 2.21. The van der Waals surface area contributed by atoms with Crippen molar-refractivity contribution in [3.8, 4) is 0 Å². The van der Waals surface area contributed by atoms with E-state index in [2.05, 4.69) is 33.0 Å². The van der Waals surface area contributed by atoms with Gasteiger partial charge in [-0.15, -0.1) is 0 Å². The molecule has 0 aromatic carbocycles. The summed E-state index contributed by atoms with van der Waals surface area (Å²) in [5, 5.41) is 3.47. The van der Waals surface area contributed by atoms with Gasteiger partial charge < -0.3 is 15.8 Å². The fraction of sp³-hybridized carbons (Fsp3) is 1.00. The fourth-order valence-corrected chi connectivity index (χ4v) is 1.61. The van der Waals surface area contributed by atoms with E-state index >= 15 is 0 Å². The molecule has 90 valence electrons. The normalized spacial score (nSPS) is 29.4. The third kappa shape index (κ3) is 4.09. The largest absolute Gasteiger partial charge is 0.379 e. The van der Waals surface area contributed by atoms with Crippen molar-refractivity contribution < 1.29 is 4.74 Å². The minimum Gasteiger partial charge on any atom is -0.379 e. The van der Waals surface area contributed by atoms with Crippen molar-refractivity contribution in [1.82, 2.24) is 5.32 Å². The summed E-state index contributed by atoms with van der Waals surface area (Å²) in [4.78, 5) is 0. The summed E-state index contributed by atoms with van der Waals surface area (Å²) < 4.78 is 5.32. The van der Waals surface area contributed by atoms with E-state index in [9.17, 15) is 0 Å². The van der Waals surface area contributed by atoms with Crippen LogP contribution in [-0.4, -0.2) is 31.8 Å². The van der Waals surface area contributed by atoms with E-state index in [0.29, 0.717) is 17.9 Å². The zero-order valence-corrected chi connectivity index (χ0v) is 10.6. The van der Waals surface area contributed by atoms with Crippen LogP contribution in [0.2, 0.25) is 0 Å². The maximum Gasteiger partial charge on any atom is 0.0659 e. The third-order valence-corrected chi connectivity index (χ3v) is 3.54. The fourth-order valence-electron chi connectivity index (χ4n) is 1.61. The van der Waals surface area contributed by atoms with Gasteiger partial charge in [-0.1, -0.05) is 27.7 Å². The third-order valence-electron chi connectivity index (χ3n) is 3.54. The van der Waals surface area contributed by atoms with Gasteiger partial charge in [0, 0.05) is 13.2 Å².